The van der Waals surface area contributed by atoms with Gasteiger partial charge in [-0.25, -0.2) is 0 Å². The molecular formula is C29H32N2O. The van der Waals surface area contributed by atoms with Crippen molar-refractivity contribution in [3.05, 3.63) is 108 Å². The van der Waals surface area contributed by atoms with Gasteiger partial charge in [-0.2, -0.15) is 0 Å². The summed E-state index contributed by atoms with van der Waals surface area (Å²) in [6.07, 6.45) is 3.16. The predicted molar refractivity (Wildman–Crippen MR) is 130 cm³/mol. The maximum Gasteiger partial charge on any atom is 0.254 e. The van der Waals surface area contributed by atoms with Crippen molar-refractivity contribution < 1.29 is 4.79 Å². The molecule has 0 N–H and O–H groups in total. The largest absolute Gasteiger partial charge is 0.334 e. The summed E-state index contributed by atoms with van der Waals surface area (Å²) in [5.41, 5.74) is 3.55. The van der Waals surface area contributed by atoms with E-state index in [1.165, 1.54) is 11.1 Å². The molecular weight excluding hydrogens is 392 g/mol. The fourth-order valence-corrected chi connectivity index (χ4v) is 6.14. The molecule has 3 heteroatoms. The minimum Gasteiger partial charge on any atom is -0.334 e. The first-order valence-corrected chi connectivity index (χ1v) is 11.7. The molecule has 0 radical (unpaired) electrons. The number of rotatable bonds is 4. The Morgan fingerprint density at radius 3 is 1.72 bits per heavy atom. The van der Waals surface area contributed by atoms with Crippen molar-refractivity contribution in [3.63, 3.8) is 0 Å². The lowest BCUT2D eigenvalue weighted by molar-refractivity contribution is 0.0524. The number of hydrogen-bond acceptors (Lipinski definition) is 2. The summed E-state index contributed by atoms with van der Waals surface area (Å²) in [5.74, 6) is 0.759. The topological polar surface area (TPSA) is 23.6 Å². The number of amides is 1. The highest BCUT2D eigenvalue weighted by molar-refractivity contribution is 5.94. The Morgan fingerprint density at radius 1 is 0.781 bits per heavy atom. The van der Waals surface area contributed by atoms with Gasteiger partial charge in [-0.05, 0) is 56.6 Å². The fourth-order valence-electron chi connectivity index (χ4n) is 6.14. The molecule has 3 nitrogen and oxygen atoms in total. The molecule has 2 aliphatic heterocycles. The van der Waals surface area contributed by atoms with Crippen LogP contribution in [0.4, 0.5) is 0 Å². The second kappa shape index (κ2) is 8.55. The minimum absolute atomic E-state index is 0.0727. The van der Waals surface area contributed by atoms with Crippen molar-refractivity contribution in [2.24, 2.45) is 0 Å². The van der Waals surface area contributed by atoms with Gasteiger partial charge < -0.3 is 9.80 Å². The van der Waals surface area contributed by atoms with Gasteiger partial charge in [0.05, 0.1) is 0 Å². The van der Waals surface area contributed by atoms with E-state index >= 15 is 0 Å². The van der Waals surface area contributed by atoms with Crippen LogP contribution in [0.15, 0.2) is 91.0 Å². The monoisotopic (exact) mass is 424 g/mol. The lowest BCUT2D eigenvalue weighted by Gasteiger charge is -2.50. The van der Waals surface area contributed by atoms with Gasteiger partial charge in [0.25, 0.3) is 5.91 Å². The highest BCUT2D eigenvalue weighted by Crippen LogP contribution is 2.53. The van der Waals surface area contributed by atoms with Gasteiger partial charge in [-0.3, -0.25) is 4.79 Å². The molecule has 1 aliphatic carbocycles. The SMILES string of the molecule is CN(C)C12CCN(C(=O)c3ccccc3)C([C@H](c3ccccc3)C1)[C@H](c1ccccc1)C2. The van der Waals surface area contributed by atoms with Crippen molar-refractivity contribution in [2.45, 2.75) is 42.7 Å². The third kappa shape index (κ3) is 3.65. The van der Waals surface area contributed by atoms with Crippen molar-refractivity contribution in [2.75, 3.05) is 20.6 Å². The Balaban J connectivity index is 1.67. The molecule has 3 aromatic carbocycles. The molecule has 3 aromatic rings. The summed E-state index contributed by atoms with van der Waals surface area (Å²) in [4.78, 5) is 18.5. The smallest absolute Gasteiger partial charge is 0.254 e. The molecule has 2 bridgehead atoms. The zero-order valence-corrected chi connectivity index (χ0v) is 19.0. The van der Waals surface area contributed by atoms with Crippen molar-refractivity contribution in [1.29, 1.82) is 0 Å². The van der Waals surface area contributed by atoms with Crippen LogP contribution in [-0.2, 0) is 0 Å². The average Bonchev–Trinajstić information content (AvgIpc) is 3.13. The predicted octanol–water partition coefficient (Wildman–Crippen LogP) is 5.56. The van der Waals surface area contributed by atoms with Crippen LogP contribution in [0.2, 0.25) is 0 Å². The van der Waals surface area contributed by atoms with Gasteiger partial charge in [-0.1, -0.05) is 78.9 Å². The Bertz CT molecular complexity index is 999. The summed E-state index contributed by atoms with van der Waals surface area (Å²) >= 11 is 0. The summed E-state index contributed by atoms with van der Waals surface area (Å²) in [5, 5.41) is 0. The second-order valence-corrected chi connectivity index (χ2v) is 9.67. The van der Waals surface area contributed by atoms with Gasteiger partial charge in [-0.15, -0.1) is 0 Å². The molecule has 2 atom stereocenters. The molecule has 2 saturated heterocycles. The minimum atomic E-state index is 0.0727. The normalized spacial score (nSPS) is 27.3. The van der Waals surface area contributed by atoms with E-state index in [-0.39, 0.29) is 17.5 Å². The van der Waals surface area contributed by atoms with Crippen LogP contribution >= 0.6 is 0 Å². The van der Waals surface area contributed by atoms with Crippen molar-refractivity contribution in [1.82, 2.24) is 9.80 Å². The van der Waals surface area contributed by atoms with E-state index in [0.717, 1.165) is 31.4 Å². The molecule has 6 rings (SSSR count). The lowest BCUT2D eigenvalue weighted by Crippen LogP contribution is -2.53. The van der Waals surface area contributed by atoms with Gasteiger partial charge >= 0.3 is 0 Å². The first-order valence-electron chi connectivity index (χ1n) is 11.7. The van der Waals surface area contributed by atoms with Crippen LogP contribution in [0, 0.1) is 0 Å². The van der Waals surface area contributed by atoms with Crippen LogP contribution < -0.4 is 0 Å². The zero-order chi connectivity index (χ0) is 22.1. The molecule has 2 heterocycles. The number of hydrogen-bond donors (Lipinski definition) is 0. The lowest BCUT2D eigenvalue weighted by atomic mass is 9.63. The Labute approximate surface area is 191 Å². The van der Waals surface area contributed by atoms with Crippen molar-refractivity contribution in [3.8, 4) is 0 Å². The highest BCUT2D eigenvalue weighted by Gasteiger charge is 2.53. The van der Waals surface area contributed by atoms with Gasteiger partial charge in [0.2, 0.25) is 0 Å². The second-order valence-electron chi connectivity index (χ2n) is 9.67. The van der Waals surface area contributed by atoms with Gasteiger partial charge in [0, 0.05) is 35.5 Å². The molecule has 1 saturated carbocycles. The van der Waals surface area contributed by atoms with Gasteiger partial charge in [0.15, 0.2) is 0 Å². The molecule has 1 amide bonds. The molecule has 0 aromatic heterocycles. The Morgan fingerprint density at radius 2 is 1.25 bits per heavy atom. The molecule has 3 fully saturated rings. The molecule has 164 valence electrons. The zero-order valence-electron chi connectivity index (χ0n) is 19.0. The number of benzene rings is 3. The van der Waals surface area contributed by atoms with E-state index in [1.807, 2.05) is 30.3 Å². The number of nitrogens with zero attached hydrogens (tertiary/aromatic N) is 2. The summed E-state index contributed by atoms with van der Waals surface area (Å²) in [7, 11) is 4.44. The number of fused-ring (bicyclic) bond motifs is 4. The van der Waals surface area contributed by atoms with Crippen LogP contribution in [0.1, 0.15) is 52.6 Å². The fraction of sp³-hybridized carbons (Fsp3) is 0.345. The van der Waals surface area contributed by atoms with E-state index < -0.39 is 0 Å². The van der Waals surface area contributed by atoms with Crippen LogP contribution in [0.3, 0.4) is 0 Å². The first-order chi connectivity index (χ1) is 15.6. The summed E-state index contributed by atoms with van der Waals surface area (Å²) < 4.78 is 0. The maximum atomic E-state index is 13.9. The third-order valence-corrected chi connectivity index (χ3v) is 7.89. The molecule has 0 spiro atoms. The average molecular weight is 425 g/mol. The molecule has 3 aliphatic rings. The first kappa shape index (κ1) is 21.0. The standard InChI is InChI=1S/C29H32N2O/c1-30(2)29-18-19-31(28(32)24-16-10-5-11-17-24)27(25(20-29)22-12-6-3-7-13-22)26(21-29)23-14-8-4-9-15-23/h3-17,25-27H,18-21H2,1-2H3/t25-,26-,27?,29?/m0/s1. The van der Waals surface area contributed by atoms with E-state index in [9.17, 15) is 4.79 Å². The quantitative estimate of drug-likeness (QED) is 0.547. The van der Waals surface area contributed by atoms with E-state index in [2.05, 4.69) is 84.6 Å². The number of carbonyl (C=O) groups excluding carboxylic acids is 1. The molecule has 32 heavy (non-hydrogen) atoms. The summed E-state index contributed by atoms with van der Waals surface area (Å²) in [6, 6.07) is 31.7. The molecule has 0 unspecified atom stereocenters. The van der Waals surface area contributed by atoms with Crippen LogP contribution in [-0.4, -0.2) is 47.9 Å². The summed E-state index contributed by atoms with van der Waals surface area (Å²) in [6.45, 7) is 0.795. The Hall–Kier alpha value is -2.91. The van der Waals surface area contributed by atoms with Crippen LogP contribution in [0.5, 0.6) is 0 Å². The van der Waals surface area contributed by atoms with Crippen molar-refractivity contribution >= 4 is 5.91 Å². The number of carbonyl (C=O) groups is 1. The maximum absolute atomic E-state index is 13.9. The van der Waals surface area contributed by atoms with Gasteiger partial charge in [0.1, 0.15) is 0 Å². The van der Waals surface area contributed by atoms with E-state index in [4.69, 9.17) is 0 Å². The highest BCUT2D eigenvalue weighted by atomic mass is 16.2. The van der Waals surface area contributed by atoms with E-state index in [0.29, 0.717) is 11.8 Å². The third-order valence-electron chi connectivity index (χ3n) is 7.89. The van der Waals surface area contributed by atoms with E-state index in [1.54, 1.807) is 0 Å². The Kier molecular flexibility index (Phi) is 5.60. The van der Waals surface area contributed by atoms with Crippen LogP contribution in [0.25, 0.3) is 0 Å².